The van der Waals surface area contributed by atoms with E-state index in [0.717, 1.165) is 47.1 Å². The second-order valence-electron chi connectivity index (χ2n) is 6.08. The average molecular weight is 407 g/mol. The summed E-state index contributed by atoms with van der Waals surface area (Å²) in [6.45, 7) is 4.74. The maximum atomic E-state index is 12.9. The third-order valence-corrected chi connectivity index (χ3v) is 5.73. The Kier molecular flexibility index (Phi) is 6.46. The highest BCUT2D eigenvalue weighted by Crippen LogP contribution is 2.25. The summed E-state index contributed by atoms with van der Waals surface area (Å²) in [6, 6.07) is 5.44. The smallest absolute Gasteiger partial charge is 0.235 e. The Morgan fingerprint density at radius 1 is 1.22 bits per heavy atom. The van der Waals surface area contributed by atoms with E-state index in [-0.39, 0.29) is 0 Å². The molecule has 0 spiro atoms. The van der Waals surface area contributed by atoms with Crippen LogP contribution in [0.4, 0.5) is 5.95 Å². The molecule has 8 heteroatoms. The van der Waals surface area contributed by atoms with Crippen molar-refractivity contribution in [3.05, 3.63) is 46.4 Å². The number of anilines is 1. The molecule has 2 N–H and O–H groups in total. The number of ether oxygens (including phenoxy) is 1. The van der Waals surface area contributed by atoms with E-state index in [1.807, 2.05) is 12.1 Å². The fourth-order valence-electron chi connectivity index (χ4n) is 3.07. The molecule has 2 aromatic heterocycles. The van der Waals surface area contributed by atoms with Gasteiger partial charge in [-0.25, -0.2) is 14.2 Å². The molecule has 1 atom stereocenters. The van der Waals surface area contributed by atoms with Crippen LogP contribution in [0.2, 0.25) is 5.02 Å². The number of nitrogens with one attached hydrogen (secondary N) is 2. The number of hydrogen-bond acceptors (Lipinski definition) is 4. The van der Waals surface area contributed by atoms with Crippen molar-refractivity contribution in [3.63, 3.8) is 0 Å². The van der Waals surface area contributed by atoms with Crippen LogP contribution in [-0.4, -0.2) is 32.9 Å². The third kappa shape index (κ3) is 4.31. The Bertz CT molecular complexity index is 948. The highest BCUT2D eigenvalue weighted by atomic mass is 35.5. The molecule has 3 rings (SSSR count). The van der Waals surface area contributed by atoms with E-state index >= 15 is 0 Å². The van der Waals surface area contributed by atoms with Crippen molar-refractivity contribution in [2.75, 3.05) is 18.4 Å². The number of fused-ring (bicyclic) bond motifs is 1. The molecule has 144 valence electrons. The Morgan fingerprint density at radius 3 is 2.56 bits per heavy atom. The van der Waals surface area contributed by atoms with Gasteiger partial charge >= 0.3 is 0 Å². The lowest BCUT2D eigenvalue weighted by Crippen LogP contribution is -2.14. The number of hydrogen-bond donors (Lipinski definition) is 2. The molecular formula is C19H23ClN4O2S. The molecule has 0 amide bonds. The zero-order valence-electron chi connectivity index (χ0n) is 15.6. The zero-order valence-corrected chi connectivity index (χ0v) is 17.2. The summed E-state index contributed by atoms with van der Waals surface area (Å²) in [4.78, 5) is 12.9. The first-order valence-electron chi connectivity index (χ1n) is 8.90. The average Bonchev–Trinajstić information content (AvgIpc) is 3.09. The Hall–Kier alpha value is -1.96. The number of H-pyrrole nitrogens is 1. The summed E-state index contributed by atoms with van der Waals surface area (Å²) in [6.07, 6.45) is 4.05. The molecule has 0 fully saturated rings. The van der Waals surface area contributed by atoms with E-state index in [0.29, 0.717) is 22.5 Å². The number of benzene rings is 1. The molecule has 0 aliphatic heterocycles. The lowest BCUT2D eigenvalue weighted by Gasteiger charge is -2.14. The van der Waals surface area contributed by atoms with Gasteiger partial charge in [-0.1, -0.05) is 31.5 Å². The largest absolute Gasteiger partial charge is 0.384 e. The van der Waals surface area contributed by atoms with E-state index in [9.17, 15) is 4.21 Å². The lowest BCUT2D eigenvalue weighted by molar-refractivity contribution is 0.201. The molecule has 1 unspecified atom stereocenters. The quantitative estimate of drug-likeness (QED) is 0.591. The molecule has 2 heterocycles. The van der Waals surface area contributed by atoms with Crippen molar-refractivity contribution in [2.24, 2.45) is 0 Å². The number of halogens is 1. The van der Waals surface area contributed by atoms with Crippen molar-refractivity contribution in [1.29, 1.82) is 0 Å². The maximum Gasteiger partial charge on any atom is 0.235 e. The van der Waals surface area contributed by atoms with Crippen LogP contribution >= 0.6 is 11.6 Å². The van der Waals surface area contributed by atoms with Gasteiger partial charge in [-0.3, -0.25) is 4.72 Å². The van der Waals surface area contributed by atoms with Gasteiger partial charge < -0.3 is 9.72 Å². The van der Waals surface area contributed by atoms with E-state index in [4.69, 9.17) is 16.3 Å². The number of nitrogens with zero attached hydrogens (tertiary/aromatic N) is 2. The molecule has 0 aliphatic carbocycles. The number of aryl methyl sites for hydroxylation is 2. The predicted octanol–water partition coefficient (Wildman–Crippen LogP) is 4.06. The van der Waals surface area contributed by atoms with Crippen LogP contribution in [0.3, 0.4) is 0 Å². The van der Waals surface area contributed by atoms with E-state index in [1.165, 1.54) is 0 Å². The fourth-order valence-corrected chi connectivity index (χ4v) is 4.15. The van der Waals surface area contributed by atoms with Gasteiger partial charge in [0.05, 0.1) is 11.5 Å². The molecule has 6 nitrogen and oxygen atoms in total. The maximum absolute atomic E-state index is 12.9. The summed E-state index contributed by atoms with van der Waals surface area (Å²) in [7, 11) is 0.195. The van der Waals surface area contributed by atoms with Gasteiger partial charge in [0.2, 0.25) is 5.95 Å². The minimum absolute atomic E-state index is 0.381. The molecule has 0 bridgehead atoms. The van der Waals surface area contributed by atoms with Crippen LogP contribution in [-0.2, 0) is 35.0 Å². The van der Waals surface area contributed by atoms with Gasteiger partial charge in [0.1, 0.15) is 0 Å². The molecule has 3 aromatic rings. The van der Waals surface area contributed by atoms with E-state index < -0.39 is 11.0 Å². The van der Waals surface area contributed by atoms with Crippen LogP contribution < -0.4 is 4.72 Å². The van der Waals surface area contributed by atoms with E-state index in [1.54, 1.807) is 19.4 Å². The van der Waals surface area contributed by atoms with Crippen molar-refractivity contribution in [3.8, 4) is 0 Å². The first kappa shape index (κ1) is 19.8. The van der Waals surface area contributed by atoms with Crippen LogP contribution in [0, 0.1) is 0 Å². The van der Waals surface area contributed by atoms with Crippen LogP contribution in [0.15, 0.2) is 29.3 Å². The van der Waals surface area contributed by atoms with Gasteiger partial charge in [-0.2, -0.15) is 0 Å². The van der Waals surface area contributed by atoms with Crippen molar-refractivity contribution < 1.29 is 8.95 Å². The van der Waals surface area contributed by atoms with E-state index in [2.05, 4.69) is 33.5 Å². The molecule has 0 radical (unpaired) electrons. The molecule has 0 saturated heterocycles. The summed E-state index contributed by atoms with van der Waals surface area (Å²) in [5.74, 6) is 0.381. The SMILES string of the molecule is CCc1nc(NS(=O)c2c[nH]c3cc(Cl)ccc23)nc(CC)c1CCOC. The van der Waals surface area contributed by atoms with Crippen molar-refractivity contribution >= 4 is 39.4 Å². The number of aromatic amines is 1. The predicted molar refractivity (Wildman–Crippen MR) is 110 cm³/mol. The highest BCUT2D eigenvalue weighted by Gasteiger charge is 2.16. The number of methoxy groups -OCH3 is 1. The topological polar surface area (TPSA) is 79.9 Å². The summed E-state index contributed by atoms with van der Waals surface area (Å²) < 4.78 is 21.0. The summed E-state index contributed by atoms with van der Waals surface area (Å²) in [5.41, 5.74) is 3.89. The van der Waals surface area contributed by atoms with Crippen LogP contribution in [0.1, 0.15) is 30.8 Å². The Labute approximate surface area is 166 Å². The second kappa shape index (κ2) is 8.82. The fraction of sp³-hybridized carbons (Fsp3) is 0.368. The first-order chi connectivity index (χ1) is 13.1. The highest BCUT2D eigenvalue weighted by molar-refractivity contribution is 7.86. The number of aromatic nitrogens is 3. The standard InChI is InChI=1S/C19H23ClN4O2S/c1-4-15-13(8-9-26-3)16(5-2)23-19(22-15)24-27(25)18-11-21-17-10-12(20)6-7-14(17)18/h6-7,10-11,21H,4-5,8-9H2,1-3H3,(H,22,23,24). The van der Waals surface area contributed by atoms with Crippen molar-refractivity contribution in [2.45, 2.75) is 38.0 Å². The first-order valence-corrected chi connectivity index (χ1v) is 10.4. The van der Waals surface area contributed by atoms with Gasteiger partial charge in [-0.05, 0) is 37.0 Å². The molecule has 1 aromatic carbocycles. The normalized spacial score (nSPS) is 12.4. The Morgan fingerprint density at radius 2 is 1.93 bits per heavy atom. The van der Waals surface area contributed by atoms with Gasteiger partial charge in [0.15, 0.2) is 11.0 Å². The third-order valence-electron chi connectivity index (χ3n) is 4.39. The Balaban J connectivity index is 1.90. The van der Waals surface area contributed by atoms with Crippen molar-refractivity contribution in [1.82, 2.24) is 15.0 Å². The monoisotopic (exact) mass is 406 g/mol. The van der Waals surface area contributed by atoms with Gasteiger partial charge in [-0.15, -0.1) is 0 Å². The molecule has 0 saturated carbocycles. The summed E-state index contributed by atoms with van der Waals surface area (Å²) >= 11 is 6.01. The second-order valence-corrected chi connectivity index (χ2v) is 7.70. The number of rotatable bonds is 8. The van der Waals surface area contributed by atoms with Gasteiger partial charge in [0, 0.05) is 40.6 Å². The molecule has 0 aliphatic rings. The summed E-state index contributed by atoms with van der Waals surface area (Å²) in [5, 5.41) is 1.48. The zero-order chi connectivity index (χ0) is 19.4. The molecular weight excluding hydrogens is 384 g/mol. The van der Waals surface area contributed by atoms with Crippen LogP contribution in [0.5, 0.6) is 0 Å². The van der Waals surface area contributed by atoms with Gasteiger partial charge in [0.25, 0.3) is 0 Å². The van der Waals surface area contributed by atoms with Crippen LogP contribution in [0.25, 0.3) is 10.9 Å². The minimum atomic E-state index is -1.49. The minimum Gasteiger partial charge on any atom is -0.384 e. The molecule has 27 heavy (non-hydrogen) atoms. The lowest BCUT2D eigenvalue weighted by atomic mass is 10.0.